The van der Waals surface area contributed by atoms with Crippen LogP contribution in [0.1, 0.15) is 19.8 Å². The highest BCUT2D eigenvalue weighted by atomic mass is 35.5. The summed E-state index contributed by atoms with van der Waals surface area (Å²) in [7, 11) is 0. The molecular formula is C11H13ClN4OS. The molecule has 0 spiro atoms. The molecule has 2 aromatic rings. The van der Waals surface area contributed by atoms with Crippen LogP contribution in [0.4, 0.5) is 5.69 Å². The summed E-state index contributed by atoms with van der Waals surface area (Å²) in [4.78, 5) is 11.9. The van der Waals surface area contributed by atoms with Crippen LogP contribution in [-0.4, -0.2) is 20.7 Å². The van der Waals surface area contributed by atoms with Crippen LogP contribution in [0.25, 0.3) is 11.0 Å². The van der Waals surface area contributed by atoms with Crippen LogP contribution in [0.5, 0.6) is 0 Å². The molecule has 0 aliphatic heterocycles. The zero-order valence-corrected chi connectivity index (χ0v) is 11.4. The number of aromatic nitrogens is 2. The van der Waals surface area contributed by atoms with Gasteiger partial charge in [0.25, 0.3) is 0 Å². The first-order chi connectivity index (χ1) is 8.63. The summed E-state index contributed by atoms with van der Waals surface area (Å²) in [5, 5.41) is 3.17. The first-order valence-corrected chi connectivity index (χ1v) is 6.71. The van der Waals surface area contributed by atoms with E-state index in [0.717, 1.165) is 18.1 Å². The predicted molar refractivity (Wildman–Crippen MR) is 73.9 cm³/mol. The average molecular weight is 285 g/mol. The minimum Gasteiger partial charge on any atom is -0.322 e. The molecule has 1 heterocycles. The Kier molecular flexibility index (Phi) is 4.11. The Bertz CT molecular complexity index is 571. The van der Waals surface area contributed by atoms with Crippen LogP contribution in [0, 0.1) is 0 Å². The summed E-state index contributed by atoms with van der Waals surface area (Å²) in [6.45, 7) is 1.98. The summed E-state index contributed by atoms with van der Waals surface area (Å²) in [6, 6.07) is 2.92. The number of halogens is 1. The first kappa shape index (κ1) is 13.2. The predicted octanol–water partition coefficient (Wildman–Crippen LogP) is 2.41. The quantitative estimate of drug-likeness (QED) is 0.903. The maximum Gasteiger partial charge on any atom is 0.241 e. The van der Waals surface area contributed by atoms with Crippen molar-refractivity contribution in [2.24, 2.45) is 5.73 Å². The lowest BCUT2D eigenvalue weighted by atomic mass is 10.1. The topological polar surface area (TPSA) is 80.9 Å². The van der Waals surface area contributed by atoms with Gasteiger partial charge in [-0.15, -0.1) is 0 Å². The number of hydrogen-bond acceptors (Lipinski definition) is 5. The van der Waals surface area contributed by atoms with E-state index in [1.807, 2.05) is 6.92 Å². The second kappa shape index (κ2) is 5.60. The number of nitrogens with one attached hydrogen (secondary N) is 1. The van der Waals surface area contributed by atoms with Crippen LogP contribution >= 0.6 is 23.3 Å². The zero-order chi connectivity index (χ0) is 13.1. The molecule has 7 heteroatoms. The van der Waals surface area contributed by atoms with Crippen LogP contribution in [0.3, 0.4) is 0 Å². The van der Waals surface area contributed by atoms with Gasteiger partial charge in [-0.05, 0) is 18.6 Å². The van der Waals surface area contributed by atoms with Gasteiger partial charge in [-0.1, -0.05) is 24.9 Å². The van der Waals surface area contributed by atoms with Crippen molar-refractivity contribution in [3.63, 3.8) is 0 Å². The molecule has 0 bridgehead atoms. The molecule has 2 rings (SSSR count). The van der Waals surface area contributed by atoms with Gasteiger partial charge in [0.05, 0.1) is 28.5 Å². The van der Waals surface area contributed by atoms with E-state index in [1.54, 1.807) is 12.1 Å². The highest BCUT2D eigenvalue weighted by Crippen LogP contribution is 2.29. The van der Waals surface area contributed by atoms with E-state index in [1.165, 1.54) is 0 Å². The Hall–Kier alpha value is -1.24. The fraction of sp³-hybridized carbons (Fsp3) is 0.364. The van der Waals surface area contributed by atoms with Crippen molar-refractivity contribution in [1.29, 1.82) is 0 Å². The number of carbonyl (C=O) groups excluding carboxylic acids is 1. The SMILES string of the molecule is CCCC(N)C(=O)Nc1c(Cl)ccc2nsnc12. The van der Waals surface area contributed by atoms with Crippen molar-refractivity contribution in [2.45, 2.75) is 25.8 Å². The molecule has 0 aliphatic rings. The zero-order valence-electron chi connectivity index (χ0n) is 9.81. The molecule has 1 amide bonds. The number of nitrogens with zero attached hydrogens (tertiary/aromatic N) is 2. The fourth-order valence-electron chi connectivity index (χ4n) is 1.60. The number of amides is 1. The number of hydrogen-bond donors (Lipinski definition) is 2. The van der Waals surface area contributed by atoms with Gasteiger partial charge in [-0.3, -0.25) is 4.79 Å². The van der Waals surface area contributed by atoms with E-state index in [-0.39, 0.29) is 5.91 Å². The van der Waals surface area contributed by atoms with Crippen molar-refractivity contribution in [1.82, 2.24) is 8.75 Å². The molecule has 0 radical (unpaired) electrons. The number of nitrogens with two attached hydrogens (primary N) is 1. The molecule has 1 aromatic carbocycles. The van der Waals surface area contributed by atoms with E-state index in [2.05, 4.69) is 14.1 Å². The van der Waals surface area contributed by atoms with Crippen LogP contribution in [-0.2, 0) is 4.79 Å². The Labute approximate surface area is 114 Å². The molecule has 0 aliphatic carbocycles. The summed E-state index contributed by atoms with van der Waals surface area (Å²) >= 11 is 7.15. The number of rotatable bonds is 4. The highest BCUT2D eigenvalue weighted by molar-refractivity contribution is 7.00. The van der Waals surface area contributed by atoms with Crippen molar-refractivity contribution in [2.75, 3.05) is 5.32 Å². The molecule has 0 saturated carbocycles. The van der Waals surface area contributed by atoms with Gasteiger partial charge in [0.2, 0.25) is 5.91 Å². The fourth-order valence-corrected chi connectivity index (χ4v) is 2.35. The molecular weight excluding hydrogens is 272 g/mol. The first-order valence-electron chi connectivity index (χ1n) is 5.60. The van der Waals surface area contributed by atoms with Gasteiger partial charge in [0, 0.05) is 0 Å². The highest BCUT2D eigenvalue weighted by Gasteiger charge is 2.17. The van der Waals surface area contributed by atoms with Gasteiger partial charge in [0.15, 0.2) is 0 Å². The number of carbonyl (C=O) groups is 1. The summed E-state index contributed by atoms with van der Waals surface area (Å²) in [6.07, 6.45) is 1.49. The molecule has 5 nitrogen and oxygen atoms in total. The standard InChI is InChI=1S/C11H13ClN4OS/c1-2-3-7(13)11(17)14-9-6(12)4-5-8-10(9)16-18-15-8/h4-5,7H,2-3,13H2,1H3,(H,14,17). The normalized spacial score (nSPS) is 12.6. The molecule has 3 N–H and O–H groups in total. The smallest absolute Gasteiger partial charge is 0.241 e. The van der Waals surface area contributed by atoms with Gasteiger partial charge < -0.3 is 11.1 Å². The third-order valence-electron chi connectivity index (χ3n) is 2.56. The third-order valence-corrected chi connectivity index (χ3v) is 3.42. The second-order valence-corrected chi connectivity index (χ2v) is 4.87. The molecule has 0 fully saturated rings. The Morgan fingerprint density at radius 3 is 3.06 bits per heavy atom. The lowest BCUT2D eigenvalue weighted by Crippen LogP contribution is -2.35. The van der Waals surface area contributed by atoms with Crippen molar-refractivity contribution >= 4 is 46.0 Å². The molecule has 0 saturated heterocycles. The molecule has 1 aromatic heterocycles. The lowest BCUT2D eigenvalue weighted by molar-refractivity contribution is -0.117. The number of benzene rings is 1. The van der Waals surface area contributed by atoms with Crippen molar-refractivity contribution < 1.29 is 4.79 Å². The van der Waals surface area contributed by atoms with Gasteiger partial charge in [-0.25, -0.2) is 0 Å². The largest absolute Gasteiger partial charge is 0.322 e. The Morgan fingerprint density at radius 1 is 1.56 bits per heavy atom. The summed E-state index contributed by atoms with van der Waals surface area (Å²) in [5.41, 5.74) is 7.56. The van der Waals surface area contributed by atoms with Gasteiger partial charge in [-0.2, -0.15) is 8.75 Å². The monoisotopic (exact) mass is 284 g/mol. The molecule has 1 unspecified atom stereocenters. The molecule has 96 valence electrons. The van der Waals surface area contributed by atoms with Crippen LogP contribution in [0.2, 0.25) is 5.02 Å². The second-order valence-electron chi connectivity index (χ2n) is 3.94. The van der Waals surface area contributed by atoms with Gasteiger partial charge >= 0.3 is 0 Å². The van der Waals surface area contributed by atoms with Crippen LogP contribution in [0.15, 0.2) is 12.1 Å². The summed E-state index contributed by atoms with van der Waals surface area (Å²) < 4.78 is 8.23. The third kappa shape index (κ3) is 2.60. The number of anilines is 1. The number of fused-ring (bicyclic) bond motifs is 1. The van der Waals surface area contributed by atoms with E-state index >= 15 is 0 Å². The van der Waals surface area contributed by atoms with E-state index in [0.29, 0.717) is 28.2 Å². The Morgan fingerprint density at radius 2 is 2.33 bits per heavy atom. The Balaban J connectivity index is 2.28. The van der Waals surface area contributed by atoms with Gasteiger partial charge in [0.1, 0.15) is 11.0 Å². The average Bonchev–Trinajstić information content (AvgIpc) is 2.81. The van der Waals surface area contributed by atoms with E-state index in [4.69, 9.17) is 17.3 Å². The maximum absolute atomic E-state index is 11.9. The maximum atomic E-state index is 11.9. The van der Waals surface area contributed by atoms with E-state index < -0.39 is 6.04 Å². The minimum absolute atomic E-state index is 0.251. The lowest BCUT2D eigenvalue weighted by Gasteiger charge is -2.12. The van der Waals surface area contributed by atoms with Crippen LogP contribution < -0.4 is 11.1 Å². The molecule has 1 atom stereocenters. The van der Waals surface area contributed by atoms with Crippen molar-refractivity contribution in [3.8, 4) is 0 Å². The van der Waals surface area contributed by atoms with Crippen molar-refractivity contribution in [3.05, 3.63) is 17.2 Å². The molecule has 18 heavy (non-hydrogen) atoms. The van der Waals surface area contributed by atoms with E-state index in [9.17, 15) is 4.79 Å². The summed E-state index contributed by atoms with van der Waals surface area (Å²) in [5.74, 6) is -0.251. The minimum atomic E-state index is -0.534.